The van der Waals surface area contributed by atoms with Crippen LogP contribution in [0.3, 0.4) is 0 Å². The summed E-state index contributed by atoms with van der Waals surface area (Å²) in [6.07, 6.45) is 0. The third-order valence-electron chi connectivity index (χ3n) is 2.96. The molecule has 0 radical (unpaired) electrons. The van der Waals surface area contributed by atoms with Gasteiger partial charge in [-0.05, 0) is 11.6 Å². The summed E-state index contributed by atoms with van der Waals surface area (Å²) in [4.78, 5) is 16.3. The fourth-order valence-corrected chi connectivity index (χ4v) is 2.02. The molecule has 0 fully saturated rings. The van der Waals surface area contributed by atoms with Crippen molar-refractivity contribution in [1.29, 1.82) is 0 Å². The van der Waals surface area contributed by atoms with Crippen molar-refractivity contribution < 1.29 is 10.0 Å². The van der Waals surface area contributed by atoms with Crippen LogP contribution in [-0.4, -0.2) is 28.2 Å². The number of hydrogen-bond donors (Lipinski definition) is 2. The number of hydrogen-bond acceptors (Lipinski definition) is 6. The van der Waals surface area contributed by atoms with E-state index in [1.807, 2.05) is 30.3 Å². The number of nitrogens with two attached hydrogens (primary N) is 1. The predicted octanol–water partition coefficient (Wildman–Crippen LogP) is 1.57. The summed E-state index contributed by atoms with van der Waals surface area (Å²) in [5, 5.41) is 20.3. The summed E-state index contributed by atoms with van der Waals surface area (Å²) < 4.78 is 0. The molecule has 0 unspecified atom stereocenters. The van der Waals surface area contributed by atoms with Gasteiger partial charge >= 0.3 is 5.69 Å². The van der Waals surface area contributed by atoms with E-state index >= 15 is 0 Å². The van der Waals surface area contributed by atoms with Crippen molar-refractivity contribution in [3.8, 4) is 0 Å². The number of rotatable bonds is 6. The molecule has 0 saturated carbocycles. The van der Waals surface area contributed by atoms with Gasteiger partial charge in [0.2, 0.25) is 5.82 Å². The number of nitrogens with zero attached hydrogens (tertiary/aromatic N) is 3. The van der Waals surface area contributed by atoms with Crippen molar-refractivity contribution in [2.75, 3.05) is 23.8 Å². The van der Waals surface area contributed by atoms with Crippen molar-refractivity contribution in [3.05, 3.63) is 58.1 Å². The van der Waals surface area contributed by atoms with Crippen LogP contribution < -0.4 is 10.6 Å². The minimum absolute atomic E-state index is 0.131. The molecule has 0 amide bonds. The molecule has 0 aliphatic rings. The Bertz CT molecular complexity index is 619. The lowest BCUT2D eigenvalue weighted by molar-refractivity contribution is -0.384. The van der Waals surface area contributed by atoms with Gasteiger partial charge in [-0.2, -0.15) is 0 Å². The van der Waals surface area contributed by atoms with E-state index in [2.05, 4.69) is 4.98 Å². The fourth-order valence-electron chi connectivity index (χ4n) is 2.02. The highest BCUT2D eigenvalue weighted by Crippen LogP contribution is 2.27. The summed E-state index contributed by atoms with van der Waals surface area (Å²) in [5.74, 6) is 0.365. The Hall–Kier alpha value is -2.67. The van der Waals surface area contributed by atoms with Crippen molar-refractivity contribution in [2.45, 2.75) is 6.54 Å². The van der Waals surface area contributed by atoms with Crippen LogP contribution in [0.25, 0.3) is 0 Å². The second-order valence-electron chi connectivity index (χ2n) is 4.47. The van der Waals surface area contributed by atoms with E-state index < -0.39 is 4.92 Å². The SMILES string of the molecule is Nc1ccc([N+](=O)[O-])c(N(CCO)Cc2ccccc2)n1. The number of nitro groups is 1. The van der Waals surface area contributed by atoms with Crippen molar-refractivity contribution in [2.24, 2.45) is 0 Å². The normalized spacial score (nSPS) is 10.3. The van der Waals surface area contributed by atoms with Gasteiger partial charge in [0.05, 0.1) is 11.5 Å². The summed E-state index contributed by atoms with van der Waals surface area (Å²) >= 11 is 0. The lowest BCUT2D eigenvalue weighted by Crippen LogP contribution is -2.28. The van der Waals surface area contributed by atoms with Gasteiger partial charge in [0.15, 0.2) is 0 Å². The van der Waals surface area contributed by atoms with E-state index in [1.54, 1.807) is 4.90 Å². The average molecular weight is 288 g/mol. The molecule has 2 aromatic rings. The first-order chi connectivity index (χ1) is 10.1. The lowest BCUT2D eigenvalue weighted by atomic mass is 10.2. The summed E-state index contributed by atoms with van der Waals surface area (Å²) in [6.45, 7) is 0.491. The van der Waals surface area contributed by atoms with Gasteiger partial charge in [-0.3, -0.25) is 10.1 Å². The van der Waals surface area contributed by atoms with Crippen molar-refractivity contribution in [3.63, 3.8) is 0 Å². The molecule has 1 aromatic carbocycles. The van der Waals surface area contributed by atoms with Gasteiger partial charge in [-0.25, -0.2) is 4.98 Å². The number of aliphatic hydroxyl groups is 1. The monoisotopic (exact) mass is 288 g/mol. The molecule has 1 heterocycles. The zero-order valence-corrected chi connectivity index (χ0v) is 11.3. The molecule has 21 heavy (non-hydrogen) atoms. The maximum Gasteiger partial charge on any atom is 0.311 e. The van der Waals surface area contributed by atoms with E-state index in [0.29, 0.717) is 6.54 Å². The Morgan fingerprint density at radius 1 is 1.24 bits per heavy atom. The minimum Gasteiger partial charge on any atom is -0.395 e. The Labute approximate surface area is 121 Å². The van der Waals surface area contributed by atoms with Gasteiger partial charge in [-0.1, -0.05) is 30.3 Å². The smallest absolute Gasteiger partial charge is 0.311 e. The van der Waals surface area contributed by atoms with Crippen LogP contribution >= 0.6 is 0 Å². The molecule has 0 aliphatic carbocycles. The van der Waals surface area contributed by atoms with Crippen LogP contribution in [0.15, 0.2) is 42.5 Å². The molecule has 2 rings (SSSR count). The van der Waals surface area contributed by atoms with Crippen LogP contribution in [0.5, 0.6) is 0 Å². The van der Waals surface area contributed by atoms with Crippen LogP contribution in [0.1, 0.15) is 5.56 Å². The predicted molar refractivity (Wildman–Crippen MR) is 79.9 cm³/mol. The Morgan fingerprint density at radius 3 is 2.57 bits per heavy atom. The zero-order chi connectivity index (χ0) is 15.2. The largest absolute Gasteiger partial charge is 0.395 e. The van der Waals surface area contributed by atoms with E-state index in [0.717, 1.165) is 5.56 Å². The third kappa shape index (κ3) is 3.67. The second-order valence-corrected chi connectivity index (χ2v) is 4.47. The van der Waals surface area contributed by atoms with Gasteiger partial charge < -0.3 is 15.7 Å². The van der Waals surface area contributed by atoms with E-state index in [9.17, 15) is 15.2 Å². The molecule has 7 heteroatoms. The first kappa shape index (κ1) is 14.7. The molecular formula is C14H16N4O3. The molecule has 0 atom stereocenters. The van der Waals surface area contributed by atoms with Gasteiger partial charge in [-0.15, -0.1) is 0 Å². The number of pyridine rings is 1. The summed E-state index contributed by atoms with van der Waals surface area (Å²) in [5.41, 5.74) is 6.46. The number of nitrogen functional groups attached to an aromatic ring is 1. The number of aromatic nitrogens is 1. The molecule has 0 aliphatic heterocycles. The summed E-state index contributed by atoms with van der Waals surface area (Å²) in [6, 6.07) is 12.2. The standard InChI is InChI=1S/C14H16N4O3/c15-13-7-6-12(18(20)21)14(16-13)17(8-9-19)10-11-4-2-1-3-5-11/h1-7,19H,8-10H2,(H2,15,16). The minimum atomic E-state index is -0.503. The van der Waals surface area contributed by atoms with Crippen LogP contribution in [-0.2, 0) is 6.54 Å². The molecular weight excluding hydrogens is 272 g/mol. The molecule has 110 valence electrons. The molecule has 0 bridgehead atoms. The van der Waals surface area contributed by atoms with Crippen molar-refractivity contribution >= 4 is 17.3 Å². The number of anilines is 2. The Kier molecular flexibility index (Phi) is 4.68. The molecule has 3 N–H and O–H groups in total. The lowest BCUT2D eigenvalue weighted by Gasteiger charge is -2.22. The van der Waals surface area contributed by atoms with E-state index in [-0.39, 0.29) is 30.5 Å². The van der Waals surface area contributed by atoms with Crippen LogP contribution in [0, 0.1) is 10.1 Å². The number of aliphatic hydroxyl groups excluding tert-OH is 1. The third-order valence-corrected chi connectivity index (χ3v) is 2.96. The van der Waals surface area contributed by atoms with Gasteiger partial charge in [0, 0.05) is 19.2 Å². The maximum atomic E-state index is 11.1. The van der Waals surface area contributed by atoms with Crippen molar-refractivity contribution in [1.82, 2.24) is 4.98 Å². The first-order valence-electron chi connectivity index (χ1n) is 6.42. The zero-order valence-electron chi connectivity index (χ0n) is 11.3. The van der Waals surface area contributed by atoms with Gasteiger partial charge in [0.25, 0.3) is 0 Å². The maximum absolute atomic E-state index is 11.1. The molecule has 0 spiro atoms. The topological polar surface area (TPSA) is 106 Å². The molecule has 1 aromatic heterocycles. The highest BCUT2D eigenvalue weighted by molar-refractivity contribution is 5.61. The second kappa shape index (κ2) is 6.67. The first-order valence-corrected chi connectivity index (χ1v) is 6.42. The molecule has 7 nitrogen and oxygen atoms in total. The van der Waals surface area contributed by atoms with E-state index in [1.165, 1.54) is 12.1 Å². The summed E-state index contributed by atoms with van der Waals surface area (Å²) in [7, 11) is 0. The number of benzene rings is 1. The Morgan fingerprint density at radius 2 is 1.95 bits per heavy atom. The van der Waals surface area contributed by atoms with Gasteiger partial charge in [0.1, 0.15) is 5.82 Å². The Balaban J connectivity index is 2.37. The molecule has 0 saturated heterocycles. The quantitative estimate of drug-likeness (QED) is 0.617. The van der Waals surface area contributed by atoms with Crippen LogP contribution in [0.2, 0.25) is 0 Å². The average Bonchev–Trinajstić information content (AvgIpc) is 2.47. The van der Waals surface area contributed by atoms with Crippen LogP contribution in [0.4, 0.5) is 17.3 Å². The fraction of sp³-hybridized carbons (Fsp3) is 0.214. The highest BCUT2D eigenvalue weighted by Gasteiger charge is 2.21. The van der Waals surface area contributed by atoms with E-state index in [4.69, 9.17) is 5.73 Å². The highest BCUT2D eigenvalue weighted by atomic mass is 16.6.